The fourth-order valence-electron chi connectivity index (χ4n) is 1.40. The number of halogens is 1. The van der Waals surface area contributed by atoms with Crippen LogP contribution in [0.15, 0.2) is 34.8 Å². The van der Waals surface area contributed by atoms with E-state index in [4.69, 9.17) is 11.6 Å². The van der Waals surface area contributed by atoms with Gasteiger partial charge in [-0.3, -0.25) is 0 Å². The number of aromatic nitrogens is 6. The summed E-state index contributed by atoms with van der Waals surface area (Å²) in [6.45, 7) is 1.91. The molecule has 0 aromatic carbocycles. The molecule has 3 heterocycles. The maximum absolute atomic E-state index is 5.93. The largest absolute Gasteiger partial charge is 0.254 e. The lowest BCUT2D eigenvalue weighted by atomic mass is 10.5. The Morgan fingerprint density at radius 2 is 2.17 bits per heavy atom. The van der Waals surface area contributed by atoms with Crippen LogP contribution in [0.3, 0.4) is 0 Å². The van der Waals surface area contributed by atoms with Gasteiger partial charge in [0.25, 0.3) is 5.78 Å². The Morgan fingerprint density at radius 3 is 3.00 bits per heavy atom. The Balaban J connectivity index is 2.06. The molecule has 18 heavy (non-hydrogen) atoms. The second kappa shape index (κ2) is 4.51. The third kappa shape index (κ3) is 2.14. The van der Waals surface area contributed by atoms with E-state index in [2.05, 4.69) is 25.0 Å². The van der Waals surface area contributed by atoms with Gasteiger partial charge < -0.3 is 0 Å². The Morgan fingerprint density at radius 1 is 1.28 bits per heavy atom. The summed E-state index contributed by atoms with van der Waals surface area (Å²) in [6, 6.07) is 3.55. The average Bonchev–Trinajstić information content (AvgIpc) is 2.77. The summed E-state index contributed by atoms with van der Waals surface area (Å²) in [4.78, 5) is 16.6. The maximum Gasteiger partial charge on any atom is 0.254 e. The summed E-state index contributed by atoms with van der Waals surface area (Å²) in [5.74, 6) is 0.456. The molecule has 0 saturated heterocycles. The van der Waals surface area contributed by atoms with Crippen molar-refractivity contribution in [2.75, 3.05) is 0 Å². The van der Waals surface area contributed by atoms with Crippen LogP contribution in [0.1, 0.15) is 5.69 Å². The molecule has 0 unspecified atom stereocenters. The topological polar surface area (TPSA) is 68.9 Å². The predicted octanol–water partition coefficient (Wildman–Crippen LogP) is 2.03. The highest BCUT2D eigenvalue weighted by Gasteiger charge is 2.09. The van der Waals surface area contributed by atoms with Crippen LogP contribution in [0, 0.1) is 6.92 Å². The minimum absolute atomic E-state index is 0.366. The SMILES string of the molecule is Cc1ccnc(Sc2cc(Cl)nc3ncnn23)n1. The zero-order chi connectivity index (χ0) is 12.5. The number of hydrogen-bond donors (Lipinski definition) is 0. The average molecular weight is 279 g/mol. The molecule has 0 saturated carbocycles. The van der Waals surface area contributed by atoms with E-state index in [9.17, 15) is 0 Å². The fraction of sp³-hybridized carbons (Fsp3) is 0.100. The van der Waals surface area contributed by atoms with Crippen LogP contribution in [0.25, 0.3) is 5.78 Å². The molecule has 0 N–H and O–H groups in total. The van der Waals surface area contributed by atoms with E-state index in [1.54, 1.807) is 16.8 Å². The van der Waals surface area contributed by atoms with E-state index in [0.29, 0.717) is 16.1 Å². The number of rotatable bonds is 2. The molecule has 0 amide bonds. The van der Waals surface area contributed by atoms with Crippen molar-refractivity contribution in [3.05, 3.63) is 35.5 Å². The Bertz CT molecular complexity index is 712. The molecule has 3 rings (SSSR count). The molecule has 0 aliphatic rings. The van der Waals surface area contributed by atoms with Gasteiger partial charge in [0.1, 0.15) is 16.5 Å². The van der Waals surface area contributed by atoms with Crippen molar-refractivity contribution in [1.29, 1.82) is 0 Å². The summed E-state index contributed by atoms with van der Waals surface area (Å²) < 4.78 is 1.60. The van der Waals surface area contributed by atoms with Gasteiger partial charge in [-0.25, -0.2) is 9.97 Å². The van der Waals surface area contributed by atoms with E-state index in [1.807, 2.05) is 13.0 Å². The van der Waals surface area contributed by atoms with E-state index < -0.39 is 0 Å². The molecule has 0 bridgehead atoms. The van der Waals surface area contributed by atoms with Crippen LogP contribution >= 0.6 is 23.4 Å². The van der Waals surface area contributed by atoms with E-state index in [0.717, 1.165) is 10.7 Å². The second-order valence-electron chi connectivity index (χ2n) is 3.47. The molecule has 0 aliphatic carbocycles. The smallest absolute Gasteiger partial charge is 0.231 e. The van der Waals surface area contributed by atoms with Crippen molar-refractivity contribution in [3.63, 3.8) is 0 Å². The highest BCUT2D eigenvalue weighted by atomic mass is 35.5. The van der Waals surface area contributed by atoms with Crippen LogP contribution in [0.2, 0.25) is 5.15 Å². The van der Waals surface area contributed by atoms with E-state index in [1.165, 1.54) is 18.1 Å². The molecular formula is C10H7ClN6S. The van der Waals surface area contributed by atoms with Crippen molar-refractivity contribution >= 4 is 29.1 Å². The molecule has 90 valence electrons. The molecule has 3 aromatic rings. The van der Waals surface area contributed by atoms with Crippen LogP contribution in [0.5, 0.6) is 0 Å². The van der Waals surface area contributed by atoms with Crippen LogP contribution in [-0.4, -0.2) is 29.5 Å². The van der Waals surface area contributed by atoms with Gasteiger partial charge in [0.05, 0.1) is 0 Å². The minimum Gasteiger partial charge on any atom is -0.231 e. The number of fused-ring (bicyclic) bond motifs is 1. The lowest BCUT2D eigenvalue weighted by Crippen LogP contribution is -1.97. The van der Waals surface area contributed by atoms with Crippen LogP contribution < -0.4 is 0 Å². The second-order valence-corrected chi connectivity index (χ2v) is 4.85. The molecule has 0 spiro atoms. The summed E-state index contributed by atoms with van der Waals surface area (Å²) >= 11 is 7.30. The van der Waals surface area contributed by atoms with Gasteiger partial charge >= 0.3 is 0 Å². The summed E-state index contributed by atoms with van der Waals surface area (Å²) in [7, 11) is 0. The third-order valence-corrected chi connectivity index (χ3v) is 3.23. The van der Waals surface area contributed by atoms with Gasteiger partial charge in [-0.1, -0.05) is 11.6 Å². The summed E-state index contributed by atoms with van der Waals surface area (Å²) in [5.41, 5.74) is 0.905. The van der Waals surface area contributed by atoms with Gasteiger partial charge in [0.15, 0.2) is 5.16 Å². The lowest BCUT2D eigenvalue weighted by Gasteiger charge is -2.03. The first-order valence-electron chi connectivity index (χ1n) is 5.06. The van der Waals surface area contributed by atoms with E-state index >= 15 is 0 Å². The van der Waals surface area contributed by atoms with E-state index in [-0.39, 0.29) is 0 Å². The highest BCUT2D eigenvalue weighted by molar-refractivity contribution is 7.99. The number of nitrogens with zero attached hydrogens (tertiary/aromatic N) is 6. The van der Waals surface area contributed by atoms with Gasteiger partial charge in [0.2, 0.25) is 0 Å². The predicted molar refractivity (Wildman–Crippen MR) is 66.7 cm³/mol. The molecule has 8 heteroatoms. The van der Waals surface area contributed by atoms with Crippen molar-refractivity contribution in [1.82, 2.24) is 29.5 Å². The fourth-order valence-corrected chi connectivity index (χ4v) is 2.52. The van der Waals surface area contributed by atoms with Gasteiger partial charge in [-0.15, -0.1) is 0 Å². The van der Waals surface area contributed by atoms with Gasteiger partial charge in [-0.05, 0) is 24.8 Å². The quantitative estimate of drug-likeness (QED) is 0.528. The standard InChI is InChI=1S/C10H7ClN6S/c1-6-2-3-12-10(15-6)18-8-4-7(11)16-9-13-5-14-17(8)9/h2-5H,1H3. The molecule has 0 atom stereocenters. The van der Waals surface area contributed by atoms with Crippen LogP contribution in [-0.2, 0) is 0 Å². The number of hydrogen-bond acceptors (Lipinski definition) is 6. The number of aryl methyl sites for hydroxylation is 1. The molecule has 6 nitrogen and oxygen atoms in total. The van der Waals surface area contributed by atoms with Crippen molar-refractivity contribution in [2.45, 2.75) is 17.1 Å². The van der Waals surface area contributed by atoms with Gasteiger partial charge in [-0.2, -0.15) is 19.6 Å². The molecule has 0 fully saturated rings. The van der Waals surface area contributed by atoms with Gasteiger partial charge in [0, 0.05) is 18.0 Å². The minimum atomic E-state index is 0.366. The monoisotopic (exact) mass is 278 g/mol. The van der Waals surface area contributed by atoms with Crippen molar-refractivity contribution in [2.24, 2.45) is 0 Å². The van der Waals surface area contributed by atoms with Crippen molar-refractivity contribution in [3.8, 4) is 0 Å². The molecule has 3 aromatic heterocycles. The Kier molecular flexibility index (Phi) is 2.85. The zero-order valence-electron chi connectivity index (χ0n) is 9.28. The summed E-state index contributed by atoms with van der Waals surface area (Å²) in [6.07, 6.45) is 3.14. The zero-order valence-corrected chi connectivity index (χ0v) is 10.9. The highest BCUT2D eigenvalue weighted by Crippen LogP contribution is 2.26. The van der Waals surface area contributed by atoms with Crippen molar-refractivity contribution < 1.29 is 0 Å². The van der Waals surface area contributed by atoms with Crippen LogP contribution in [0.4, 0.5) is 0 Å². The Hall–Kier alpha value is -1.73. The first-order chi connectivity index (χ1) is 8.72. The molecule has 0 radical (unpaired) electrons. The normalized spacial score (nSPS) is 11.0. The molecule has 0 aliphatic heterocycles. The molecular weight excluding hydrogens is 272 g/mol. The first-order valence-corrected chi connectivity index (χ1v) is 6.25. The Labute approximate surface area is 111 Å². The maximum atomic E-state index is 5.93. The lowest BCUT2D eigenvalue weighted by molar-refractivity contribution is 0.835. The third-order valence-electron chi connectivity index (χ3n) is 2.16. The first kappa shape index (κ1) is 11.4. The summed E-state index contributed by atoms with van der Waals surface area (Å²) in [5, 5.41) is 5.86.